The Morgan fingerprint density at radius 2 is 1.78 bits per heavy atom. The lowest BCUT2D eigenvalue weighted by Crippen LogP contribution is -2.35. The van der Waals surface area contributed by atoms with Gasteiger partial charge in [0, 0.05) is 26.1 Å². The first-order valence-electron chi connectivity index (χ1n) is 5.50. The first-order valence-corrected chi connectivity index (χ1v) is 5.50. The molecule has 2 nitrogen and oxygen atoms in total. The largest absolute Gasteiger partial charge is 0.416 e. The summed E-state index contributed by atoms with van der Waals surface area (Å²) in [6, 6.07) is 2.35. The third kappa shape index (κ3) is 2.49. The van der Waals surface area contributed by atoms with Gasteiger partial charge < -0.3 is 9.84 Å². The summed E-state index contributed by atoms with van der Waals surface area (Å²) in [5.74, 6) is -0.971. The summed E-state index contributed by atoms with van der Waals surface area (Å²) in [6.45, 7) is 0.371. The number of aliphatic hydroxyl groups is 1. The molecule has 0 radical (unpaired) electrons. The molecule has 1 aromatic carbocycles. The molecule has 0 spiro atoms. The molecule has 1 aromatic rings. The van der Waals surface area contributed by atoms with Gasteiger partial charge in [0.25, 0.3) is 0 Å². The number of benzene rings is 1. The van der Waals surface area contributed by atoms with E-state index in [-0.39, 0.29) is 31.6 Å². The van der Waals surface area contributed by atoms with Crippen LogP contribution in [0.25, 0.3) is 0 Å². The Balaban J connectivity index is 2.49. The summed E-state index contributed by atoms with van der Waals surface area (Å²) < 4.78 is 56.5. The molecule has 0 atom stereocenters. The number of hydrogen-bond donors (Lipinski definition) is 1. The van der Waals surface area contributed by atoms with Crippen molar-refractivity contribution in [3.63, 3.8) is 0 Å². The van der Waals surface area contributed by atoms with Crippen molar-refractivity contribution in [2.24, 2.45) is 0 Å². The van der Waals surface area contributed by atoms with Gasteiger partial charge in [-0.2, -0.15) is 13.2 Å². The quantitative estimate of drug-likeness (QED) is 0.790. The predicted octanol–water partition coefficient (Wildman–Crippen LogP) is 2.84. The third-order valence-corrected chi connectivity index (χ3v) is 3.11. The first-order chi connectivity index (χ1) is 8.33. The zero-order chi connectivity index (χ0) is 13.4. The van der Waals surface area contributed by atoms with Gasteiger partial charge in [0.2, 0.25) is 0 Å². The smallest absolute Gasteiger partial charge is 0.385 e. The fourth-order valence-electron chi connectivity index (χ4n) is 2.14. The predicted molar refractivity (Wildman–Crippen MR) is 55.4 cm³/mol. The maximum absolute atomic E-state index is 13.0. The Hall–Kier alpha value is -1.14. The van der Waals surface area contributed by atoms with Crippen LogP contribution < -0.4 is 0 Å². The highest BCUT2D eigenvalue weighted by Crippen LogP contribution is 2.41. The lowest BCUT2D eigenvalue weighted by Gasteiger charge is -2.34. The maximum atomic E-state index is 13.0. The normalized spacial score (nSPS) is 19.8. The van der Waals surface area contributed by atoms with E-state index in [9.17, 15) is 22.7 Å². The highest BCUT2D eigenvalue weighted by molar-refractivity contribution is 5.35. The van der Waals surface area contributed by atoms with E-state index in [0.29, 0.717) is 6.07 Å². The third-order valence-electron chi connectivity index (χ3n) is 3.11. The molecule has 1 aliphatic rings. The van der Waals surface area contributed by atoms with Crippen LogP contribution in [0.3, 0.4) is 0 Å². The van der Waals surface area contributed by atoms with Crippen LogP contribution >= 0.6 is 0 Å². The summed E-state index contributed by atoms with van der Waals surface area (Å²) in [4.78, 5) is 0. The second kappa shape index (κ2) is 4.51. The fraction of sp³-hybridized carbons (Fsp3) is 0.500. The molecule has 2 rings (SSSR count). The minimum Gasteiger partial charge on any atom is -0.385 e. The molecule has 0 aliphatic carbocycles. The Morgan fingerprint density at radius 1 is 1.17 bits per heavy atom. The van der Waals surface area contributed by atoms with Crippen LogP contribution in [-0.4, -0.2) is 18.3 Å². The van der Waals surface area contributed by atoms with E-state index in [4.69, 9.17) is 4.74 Å². The van der Waals surface area contributed by atoms with Crippen molar-refractivity contribution in [3.8, 4) is 0 Å². The van der Waals surface area contributed by atoms with E-state index in [1.54, 1.807) is 0 Å². The second-order valence-corrected chi connectivity index (χ2v) is 4.33. The SMILES string of the molecule is OC1(c2ccc(F)cc2C(F)(F)F)CCOCC1. The van der Waals surface area contributed by atoms with Crippen LogP contribution in [0.15, 0.2) is 18.2 Å². The monoisotopic (exact) mass is 264 g/mol. The average Bonchev–Trinajstić information content (AvgIpc) is 2.28. The van der Waals surface area contributed by atoms with E-state index in [0.717, 1.165) is 12.1 Å². The standard InChI is InChI=1S/C12H12F4O2/c13-8-1-2-9(10(7-8)12(14,15)16)11(17)3-5-18-6-4-11/h1-2,7,17H,3-6H2. The van der Waals surface area contributed by atoms with Crippen LogP contribution in [-0.2, 0) is 16.5 Å². The van der Waals surface area contributed by atoms with Gasteiger partial charge >= 0.3 is 6.18 Å². The Bertz CT molecular complexity index is 436. The number of ether oxygens (including phenoxy) is 1. The molecule has 1 fully saturated rings. The molecule has 100 valence electrons. The van der Waals surface area contributed by atoms with Gasteiger partial charge in [0.05, 0.1) is 11.2 Å². The number of alkyl halides is 3. The van der Waals surface area contributed by atoms with Gasteiger partial charge in [0.15, 0.2) is 0 Å². The van der Waals surface area contributed by atoms with E-state index in [2.05, 4.69) is 0 Å². The van der Waals surface area contributed by atoms with E-state index >= 15 is 0 Å². The number of halogens is 4. The van der Waals surface area contributed by atoms with Crippen molar-refractivity contribution in [2.45, 2.75) is 24.6 Å². The summed E-state index contributed by atoms with van der Waals surface area (Å²) in [7, 11) is 0. The molecule has 1 N–H and O–H groups in total. The molecule has 18 heavy (non-hydrogen) atoms. The van der Waals surface area contributed by atoms with Crippen molar-refractivity contribution in [3.05, 3.63) is 35.1 Å². The topological polar surface area (TPSA) is 29.5 Å². The van der Waals surface area contributed by atoms with Crippen LogP contribution in [0.4, 0.5) is 17.6 Å². The number of hydrogen-bond acceptors (Lipinski definition) is 2. The van der Waals surface area contributed by atoms with Gasteiger partial charge in [-0.3, -0.25) is 0 Å². The second-order valence-electron chi connectivity index (χ2n) is 4.33. The molecule has 1 heterocycles. The van der Waals surface area contributed by atoms with Crippen molar-refractivity contribution in [1.82, 2.24) is 0 Å². The molecule has 0 aromatic heterocycles. The minimum atomic E-state index is -4.69. The highest BCUT2D eigenvalue weighted by Gasteiger charge is 2.41. The van der Waals surface area contributed by atoms with Crippen molar-refractivity contribution < 1.29 is 27.4 Å². The molecular weight excluding hydrogens is 252 g/mol. The van der Waals surface area contributed by atoms with Gasteiger partial charge in [-0.25, -0.2) is 4.39 Å². The van der Waals surface area contributed by atoms with E-state index < -0.39 is 23.2 Å². The molecule has 0 bridgehead atoms. The molecular formula is C12H12F4O2. The Kier molecular flexibility index (Phi) is 3.33. The van der Waals surface area contributed by atoms with Gasteiger partial charge in [-0.15, -0.1) is 0 Å². The van der Waals surface area contributed by atoms with Crippen LogP contribution in [0.5, 0.6) is 0 Å². The molecule has 1 saturated heterocycles. The molecule has 1 aliphatic heterocycles. The average molecular weight is 264 g/mol. The lowest BCUT2D eigenvalue weighted by molar-refractivity contribution is -0.143. The molecule has 0 saturated carbocycles. The van der Waals surface area contributed by atoms with Crippen LogP contribution in [0.2, 0.25) is 0 Å². The summed E-state index contributed by atoms with van der Waals surface area (Å²) >= 11 is 0. The Morgan fingerprint density at radius 3 is 2.33 bits per heavy atom. The summed E-state index contributed by atoms with van der Waals surface area (Å²) in [5, 5.41) is 10.3. The van der Waals surface area contributed by atoms with Crippen LogP contribution in [0, 0.1) is 5.82 Å². The zero-order valence-corrected chi connectivity index (χ0v) is 9.43. The van der Waals surface area contributed by atoms with Gasteiger partial charge in [-0.05, 0) is 17.7 Å². The van der Waals surface area contributed by atoms with E-state index in [1.807, 2.05) is 0 Å². The number of rotatable bonds is 1. The highest BCUT2D eigenvalue weighted by atomic mass is 19.4. The fourth-order valence-corrected chi connectivity index (χ4v) is 2.14. The van der Waals surface area contributed by atoms with Crippen molar-refractivity contribution in [2.75, 3.05) is 13.2 Å². The summed E-state index contributed by atoms with van der Waals surface area (Å²) in [6.07, 6.45) is -4.55. The van der Waals surface area contributed by atoms with Crippen molar-refractivity contribution >= 4 is 0 Å². The maximum Gasteiger partial charge on any atom is 0.416 e. The molecule has 0 amide bonds. The first kappa shape index (κ1) is 13.3. The van der Waals surface area contributed by atoms with Gasteiger partial charge in [0.1, 0.15) is 5.82 Å². The summed E-state index contributed by atoms with van der Waals surface area (Å²) in [5.41, 5.74) is -3.00. The zero-order valence-electron chi connectivity index (χ0n) is 9.43. The minimum absolute atomic E-state index is 0.0711. The molecule has 0 unspecified atom stereocenters. The molecule has 6 heteroatoms. The van der Waals surface area contributed by atoms with Crippen molar-refractivity contribution in [1.29, 1.82) is 0 Å². The lowest BCUT2D eigenvalue weighted by atomic mass is 9.83. The van der Waals surface area contributed by atoms with Gasteiger partial charge in [-0.1, -0.05) is 6.07 Å². The Labute approximate surface area is 101 Å². The van der Waals surface area contributed by atoms with E-state index in [1.165, 1.54) is 0 Å². The van der Waals surface area contributed by atoms with Crippen LogP contribution in [0.1, 0.15) is 24.0 Å².